The van der Waals surface area contributed by atoms with Gasteiger partial charge in [-0.05, 0) is 42.0 Å². The summed E-state index contributed by atoms with van der Waals surface area (Å²) in [7, 11) is 0. The van der Waals surface area contributed by atoms with Gasteiger partial charge in [-0.2, -0.15) is 8.78 Å². The summed E-state index contributed by atoms with van der Waals surface area (Å²) in [5.41, 5.74) is 4.06. The molecule has 4 rings (SSSR count). The van der Waals surface area contributed by atoms with Gasteiger partial charge >= 0.3 is 18.0 Å². The van der Waals surface area contributed by atoms with E-state index < -0.39 is 42.4 Å². The number of likely N-dealkylation sites (tertiary alicyclic amines) is 1. The van der Waals surface area contributed by atoms with Gasteiger partial charge in [0.25, 0.3) is 5.91 Å². The molecule has 2 amide bonds. The Morgan fingerprint density at radius 3 is 2.26 bits per heavy atom. The molecule has 2 aromatic carbocycles. The number of alkyl halides is 2. The number of nitrogens with one attached hydrogen (secondary N) is 1. The van der Waals surface area contributed by atoms with Crippen LogP contribution in [0.1, 0.15) is 36.8 Å². The van der Waals surface area contributed by atoms with Crippen LogP contribution in [0.5, 0.6) is 0 Å². The third-order valence-electron chi connectivity index (χ3n) is 6.68. The van der Waals surface area contributed by atoms with Gasteiger partial charge in [0.1, 0.15) is 6.61 Å². The molecule has 0 bridgehead atoms. The number of carboxylic acid groups (broad SMARTS) is 1. The van der Waals surface area contributed by atoms with E-state index in [1.807, 2.05) is 53.8 Å². The molecule has 0 saturated carbocycles. The summed E-state index contributed by atoms with van der Waals surface area (Å²) in [6.07, 6.45) is -0.406. The molecule has 2 aliphatic rings. The Labute approximate surface area is 195 Å². The van der Waals surface area contributed by atoms with Crippen LogP contribution < -0.4 is 5.32 Å². The summed E-state index contributed by atoms with van der Waals surface area (Å²) in [6.45, 7) is 0.224. The largest absolute Gasteiger partial charge is 0.481 e. The molecule has 0 aromatic heterocycles. The number of alkyl carbamates (subject to hydrolysis) is 1. The second-order valence-corrected chi connectivity index (χ2v) is 8.71. The van der Waals surface area contributed by atoms with Crippen LogP contribution in [0.25, 0.3) is 11.1 Å². The molecule has 2 aromatic rings. The first-order chi connectivity index (χ1) is 16.2. The standard InChI is InChI=1S/C25H26F2N2O5/c1-15-16(22(30)31)11-6-12-29(15)23(32)25(26,27)14-28-24(33)34-13-21-19-9-4-2-7-17(19)18-8-3-5-10-20(18)21/h2-5,7-10,15-16,21H,6,11-14H2,1H3,(H,28,33)(H,30,31). The molecular formula is C25H26F2N2O5. The lowest BCUT2D eigenvalue weighted by Crippen LogP contribution is -2.56. The predicted molar refractivity (Wildman–Crippen MR) is 120 cm³/mol. The maximum atomic E-state index is 14.6. The van der Waals surface area contributed by atoms with Crippen molar-refractivity contribution >= 4 is 18.0 Å². The first-order valence-corrected chi connectivity index (χ1v) is 11.2. The predicted octanol–water partition coefficient (Wildman–Crippen LogP) is 3.87. The summed E-state index contributed by atoms with van der Waals surface area (Å²) in [4.78, 5) is 36.9. The molecule has 0 spiro atoms. The van der Waals surface area contributed by atoms with Gasteiger partial charge in [-0.1, -0.05) is 48.5 Å². The molecule has 9 heteroatoms. The minimum atomic E-state index is -3.89. The van der Waals surface area contributed by atoms with E-state index in [4.69, 9.17) is 4.74 Å². The number of rotatable bonds is 6. The van der Waals surface area contributed by atoms with Crippen molar-refractivity contribution in [3.05, 3.63) is 59.7 Å². The zero-order chi connectivity index (χ0) is 24.5. The molecule has 2 N–H and O–H groups in total. The van der Waals surface area contributed by atoms with Gasteiger partial charge in [-0.25, -0.2) is 4.79 Å². The first-order valence-electron chi connectivity index (χ1n) is 11.2. The number of hydrogen-bond donors (Lipinski definition) is 2. The number of carbonyl (C=O) groups is 3. The lowest BCUT2D eigenvalue weighted by atomic mass is 9.90. The number of aliphatic carboxylic acids is 1. The zero-order valence-corrected chi connectivity index (χ0v) is 18.7. The number of piperidine rings is 1. The smallest absolute Gasteiger partial charge is 0.407 e. The number of benzene rings is 2. The van der Waals surface area contributed by atoms with Gasteiger partial charge in [-0.15, -0.1) is 0 Å². The van der Waals surface area contributed by atoms with Crippen LogP contribution in [0.4, 0.5) is 13.6 Å². The topological polar surface area (TPSA) is 95.9 Å². The number of fused-ring (bicyclic) bond motifs is 3. The van der Waals surface area contributed by atoms with Crippen LogP contribution in [0, 0.1) is 5.92 Å². The zero-order valence-electron chi connectivity index (χ0n) is 18.7. The first kappa shape index (κ1) is 23.7. The highest BCUT2D eigenvalue weighted by Gasteiger charge is 2.47. The van der Waals surface area contributed by atoms with Crippen LogP contribution in [-0.2, 0) is 14.3 Å². The molecule has 180 valence electrons. The third kappa shape index (κ3) is 4.47. The highest BCUT2D eigenvalue weighted by Crippen LogP contribution is 2.44. The van der Waals surface area contributed by atoms with Gasteiger partial charge < -0.3 is 20.1 Å². The van der Waals surface area contributed by atoms with E-state index in [0.29, 0.717) is 12.8 Å². The summed E-state index contributed by atoms with van der Waals surface area (Å²) >= 11 is 0. The fourth-order valence-corrected chi connectivity index (χ4v) is 4.88. The van der Waals surface area contributed by atoms with Crippen molar-refractivity contribution in [1.29, 1.82) is 0 Å². The highest BCUT2D eigenvalue weighted by molar-refractivity contribution is 5.85. The monoisotopic (exact) mass is 472 g/mol. The van der Waals surface area contributed by atoms with Gasteiger partial charge in [0.05, 0.1) is 12.5 Å². The number of amides is 2. The van der Waals surface area contributed by atoms with Gasteiger partial charge in [0, 0.05) is 18.5 Å². The fraction of sp³-hybridized carbons (Fsp3) is 0.400. The summed E-state index contributed by atoms with van der Waals surface area (Å²) in [6, 6.07) is 14.6. The second-order valence-electron chi connectivity index (χ2n) is 8.71. The van der Waals surface area contributed by atoms with Crippen molar-refractivity contribution in [1.82, 2.24) is 10.2 Å². The molecule has 1 saturated heterocycles. The van der Waals surface area contributed by atoms with Crippen LogP contribution in [0.2, 0.25) is 0 Å². The lowest BCUT2D eigenvalue weighted by Gasteiger charge is -2.39. The minimum absolute atomic E-state index is 0.0389. The number of ether oxygens (including phenoxy) is 1. The van der Waals surface area contributed by atoms with E-state index in [2.05, 4.69) is 0 Å². The molecule has 0 radical (unpaired) electrons. The molecule has 1 fully saturated rings. The Kier molecular flexibility index (Phi) is 6.54. The maximum absolute atomic E-state index is 14.6. The van der Waals surface area contributed by atoms with E-state index in [1.54, 1.807) is 0 Å². The Balaban J connectivity index is 1.35. The van der Waals surface area contributed by atoms with Crippen LogP contribution in [0.15, 0.2) is 48.5 Å². The van der Waals surface area contributed by atoms with Crippen molar-refractivity contribution in [3.63, 3.8) is 0 Å². The molecule has 34 heavy (non-hydrogen) atoms. The Morgan fingerprint density at radius 1 is 1.09 bits per heavy atom. The van der Waals surface area contributed by atoms with Crippen molar-refractivity contribution in [2.45, 2.75) is 37.6 Å². The van der Waals surface area contributed by atoms with E-state index >= 15 is 0 Å². The molecular weight excluding hydrogens is 446 g/mol. The quantitative estimate of drug-likeness (QED) is 0.666. The average Bonchev–Trinajstić information content (AvgIpc) is 3.15. The lowest BCUT2D eigenvalue weighted by molar-refractivity contribution is -0.164. The van der Waals surface area contributed by atoms with E-state index in [9.17, 15) is 28.3 Å². The number of hydrogen-bond acceptors (Lipinski definition) is 4. The second kappa shape index (κ2) is 9.40. The highest BCUT2D eigenvalue weighted by atomic mass is 19.3. The maximum Gasteiger partial charge on any atom is 0.407 e. The average molecular weight is 472 g/mol. The van der Waals surface area contributed by atoms with E-state index in [-0.39, 0.29) is 19.1 Å². The van der Waals surface area contributed by atoms with Crippen molar-refractivity contribution in [3.8, 4) is 11.1 Å². The minimum Gasteiger partial charge on any atom is -0.481 e. The summed E-state index contributed by atoms with van der Waals surface area (Å²) in [5.74, 6) is -7.62. The van der Waals surface area contributed by atoms with Crippen LogP contribution in [-0.4, -0.2) is 59.6 Å². The number of halogens is 2. The van der Waals surface area contributed by atoms with Gasteiger partial charge in [0.2, 0.25) is 0 Å². The molecule has 2 atom stereocenters. The van der Waals surface area contributed by atoms with E-state index in [1.165, 1.54) is 6.92 Å². The van der Waals surface area contributed by atoms with Gasteiger partial charge in [-0.3, -0.25) is 9.59 Å². The summed E-state index contributed by atoms with van der Waals surface area (Å²) in [5, 5.41) is 11.2. The number of carboxylic acids is 1. The molecule has 2 unspecified atom stereocenters. The third-order valence-corrected chi connectivity index (χ3v) is 6.68. The Morgan fingerprint density at radius 2 is 1.68 bits per heavy atom. The van der Waals surface area contributed by atoms with Crippen LogP contribution >= 0.6 is 0 Å². The van der Waals surface area contributed by atoms with Crippen molar-refractivity contribution < 1.29 is 33.0 Å². The molecule has 1 aliphatic carbocycles. The number of carbonyl (C=O) groups excluding carboxylic acids is 2. The van der Waals surface area contributed by atoms with Crippen LogP contribution in [0.3, 0.4) is 0 Å². The van der Waals surface area contributed by atoms with Gasteiger partial charge in [0.15, 0.2) is 0 Å². The number of nitrogens with zero attached hydrogens (tertiary/aromatic N) is 1. The Bertz CT molecular complexity index is 1060. The molecule has 7 nitrogen and oxygen atoms in total. The molecule has 1 heterocycles. The Hall–Kier alpha value is -3.49. The summed E-state index contributed by atoms with van der Waals surface area (Å²) < 4.78 is 34.4. The molecule has 1 aliphatic heterocycles. The van der Waals surface area contributed by atoms with Crippen molar-refractivity contribution in [2.75, 3.05) is 19.7 Å². The normalized spacial score (nSPS) is 19.8. The van der Waals surface area contributed by atoms with E-state index in [0.717, 1.165) is 27.2 Å². The SMILES string of the molecule is CC1C(C(=O)O)CCCN1C(=O)C(F)(F)CNC(=O)OCC1c2ccccc2-c2ccccc21. The fourth-order valence-electron chi connectivity index (χ4n) is 4.88. The van der Waals surface area contributed by atoms with Crippen molar-refractivity contribution in [2.24, 2.45) is 5.92 Å².